The molecular formula is C17H25NO3. The highest BCUT2D eigenvalue weighted by Crippen LogP contribution is 2.27. The first-order valence-corrected chi connectivity index (χ1v) is 7.74. The average molecular weight is 291 g/mol. The van der Waals surface area contributed by atoms with Crippen LogP contribution in [0.15, 0.2) is 18.2 Å². The van der Waals surface area contributed by atoms with E-state index in [1.165, 1.54) is 25.8 Å². The molecule has 0 radical (unpaired) electrons. The molecule has 0 amide bonds. The van der Waals surface area contributed by atoms with E-state index in [1.54, 1.807) is 25.3 Å². The van der Waals surface area contributed by atoms with Crippen LogP contribution in [-0.4, -0.2) is 44.0 Å². The first-order chi connectivity index (χ1) is 10.2. The van der Waals surface area contributed by atoms with Crippen LogP contribution in [0.1, 0.15) is 43.0 Å². The van der Waals surface area contributed by atoms with Crippen molar-refractivity contribution in [3.8, 4) is 11.5 Å². The fraction of sp³-hybridized carbons (Fsp3) is 0.588. The maximum absolute atomic E-state index is 10.8. The van der Waals surface area contributed by atoms with Gasteiger partial charge in [-0.2, -0.15) is 0 Å². The first-order valence-electron chi connectivity index (χ1n) is 7.74. The molecular weight excluding hydrogens is 266 g/mol. The maximum Gasteiger partial charge on any atom is 0.161 e. The Labute approximate surface area is 127 Å². The molecule has 116 valence electrons. The topological polar surface area (TPSA) is 38.8 Å². The molecule has 1 aromatic rings. The third-order valence-electron chi connectivity index (χ3n) is 4.11. The predicted octanol–water partition coefficient (Wildman–Crippen LogP) is 3.15. The number of piperidine rings is 1. The molecule has 4 heteroatoms. The van der Waals surface area contributed by atoms with Crippen LogP contribution in [0.5, 0.6) is 11.5 Å². The molecule has 0 spiro atoms. The molecule has 1 heterocycles. The Morgan fingerprint density at radius 1 is 1.33 bits per heavy atom. The molecule has 1 saturated heterocycles. The summed E-state index contributed by atoms with van der Waals surface area (Å²) in [5.74, 6) is 1.32. The van der Waals surface area contributed by atoms with Gasteiger partial charge in [-0.1, -0.05) is 6.42 Å². The quantitative estimate of drug-likeness (QED) is 0.571. The smallest absolute Gasteiger partial charge is 0.161 e. The van der Waals surface area contributed by atoms with Gasteiger partial charge in [0.05, 0.1) is 13.7 Å². The van der Waals surface area contributed by atoms with E-state index < -0.39 is 0 Å². The number of rotatable bonds is 7. The summed E-state index contributed by atoms with van der Waals surface area (Å²) in [7, 11) is 1.59. The van der Waals surface area contributed by atoms with Crippen molar-refractivity contribution in [2.75, 3.05) is 26.8 Å². The van der Waals surface area contributed by atoms with E-state index in [2.05, 4.69) is 11.8 Å². The Bertz CT molecular complexity index is 461. The lowest BCUT2D eigenvalue weighted by Gasteiger charge is -2.33. The van der Waals surface area contributed by atoms with E-state index in [-0.39, 0.29) is 0 Å². The molecule has 1 aliphatic rings. The van der Waals surface area contributed by atoms with Crippen LogP contribution in [0.4, 0.5) is 0 Å². The minimum Gasteiger partial charge on any atom is -0.493 e. The standard InChI is InChI=1S/C17H25NO3/c1-14-6-3-4-9-18(14)10-5-11-21-16-8-7-15(13-19)12-17(16)20-2/h7-8,12-14H,3-6,9-11H2,1-2H3. The number of nitrogens with zero attached hydrogens (tertiary/aromatic N) is 1. The predicted molar refractivity (Wildman–Crippen MR) is 83.4 cm³/mol. The summed E-state index contributed by atoms with van der Waals surface area (Å²) >= 11 is 0. The molecule has 1 unspecified atom stereocenters. The van der Waals surface area contributed by atoms with Crippen molar-refractivity contribution < 1.29 is 14.3 Å². The first kappa shape index (κ1) is 15.8. The lowest BCUT2D eigenvalue weighted by Crippen LogP contribution is -2.38. The van der Waals surface area contributed by atoms with Crippen molar-refractivity contribution in [1.82, 2.24) is 4.90 Å². The molecule has 0 saturated carbocycles. The summed E-state index contributed by atoms with van der Waals surface area (Å²) in [6, 6.07) is 5.94. The summed E-state index contributed by atoms with van der Waals surface area (Å²) in [6.07, 6.45) is 5.79. The van der Waals surface area contributed by atoms with E-state index in [0.717, 1.165) is 19.3 Å². The lowest BCUT2D eigenvalue weighted by molar-refractivity contribution is 0.112. The Kier molecular flexibility index (Phi) is 6.05. The van der Waals surface area contributed by atoms with Crippen molar-refractivity contribution in [3.63, 3.8) is 0 Å². The highest BCUT2D eigenvalue weighted by atomic mass is 16.5. The largest absolute Gasteiger partial charge is 0.493 e. The van der Waals surface area contributed by atoms with Crippen molar-refractivity contribution in [3.05, 3.63) is 23.8 Å². The highest BCUT2D eigenvalue weighted by Gasteiger charge is 2.17. The number of hydrogen-bond donors (Lipinski definition) is 0. The highest BCUT2D eigenvalue weighted by molar-refractivity contribution is 5.76. The van der Waals surface area contributed by atoms with Gasteiger partial charge in [0.2, 0.25) is 0 Å². The van der Waals surface area contributed by atoms with E-state index in [4.69, 9.17) is 9.47 Å². The van der Waals surface area contributed by atoms with Crippen LogP contribution < -0.4 is 9.47 Å². The van der Waals surface area contributed by atoms with Gasteiger partial charge < -0.3 is 14.4 Å². The Hall–Kier alpha value is -1.55. The number of aldehydes is 1. The molecule has 2 rings (SSSR count). The second kappa shape index (κ2) is 8.03. The zero-order chi connectivity index (χ0) is 15.1. The van der Waals surface area contributed by atoms with Crippen molar-refractivity contribution in [1.29, 1.82) is 0 Å². The summed E-state index contributed by atoms with van der Waals surface area (Å²) in [4.78, 5) is 13.3. The maximum atomic E-state index is 10.8. The van der Waals surface area contributed by atoms with Gasteiger partial charge in [-0.15, -0.1) is 0 Å². The summed E-state index contributed by atoms with van der Waals surface area (Å²) < 4.78 is 11.0. The molecule has 0 N–H and O–H groups in total. The van der Waals surface area contributed by atoms with Crippen LogP contribution in [-0.2, 0) is 0 Å². The third-order valence-corrected chi connectivity index (χ3v) is 4.11. The van der Waals surface area contributed by atoms with Crippen molar-refractivity contribution >= 4 is 6.29 Å². The molecule has 21 heavy (non-hydrogen) atoms. The van der Waals surface area contributed by atoms with Crippen LogP contribution in [0, 0.1) is 0 Å². The number of likely N-dealkylation sites (tertiary alicyclic amines) is 1. The van der Waals surface area contributed by atoms with Crippen LogP contribution >= 0.6 is 0 Å². The molecule has 1 aromatic carbocycles. The monoisotopic (exact) mass is 291 g/mol. The molecule has 0 bridgehead atoms. The van der Waals surface area contributed by atoms with Crippen LogP contribution in [0.3, 0.4) is 0 Å². The number of carbonyl (C=O) groups is 1. The number of methoxy groups -OCH3 is 1. The fourth-order valence-electron chi connectivity index (χ4n) is 2.82. The van der Waals surface area contributed by atoms with Gasteiger partial charge in [-0.25, -0.2) is 0 Å². The van der Waals surface area contributed by atoms with Crippen molar-refractivity contribution in [2.24, 2.45) is 0 Å². The van der Waals surface area contributed by atoms with E-state index in [9.17, 15) is 4.79 Å². The normalized spacial score (nSPS) is 19.2. The minimum atomic E-state index is 0.598. The molecule has 1 aliphatic heterocycles. The Morgan fingerprint density at radius 3 is 2.90 bits per heavy atom. The minimum absolute atomic E-state index is 0.598. The fourth-order valence-corrected chi connectivity index (χ4v) is 2.82. The number of benzene rings is 1. The number of hydrogen-bond acceptors (Lipinski definition) is 4. The third kappa shape index (κ3) is 4.46. The van der Waals surface area contributed by atoms with Gasteiger partial charge in [0.1, 0.15) is 6.29 Å². The Morgan fingerprint density at radius 2 is 2.19 bits per heavy atom. The molecule has 4 nitrogen and oxygen atoms in total. The van der Waals surface area contributed by atoms with Gasteiger partial charge in [-0.05, 0) is 50.9 Å². The summed E-state index contributed by atoms with van der Waals surface area (Å²) in [5.41, 5.74) is 0.598. The van der Waals surface area contributed by atoms with Gasteiger partial charge >= 0.3 is 0 Å². The molecule has 1 fully saturated rings. The summed E-state index contributed by atoms with van der Waals surface area (Å²) in [6.45, 7) is 5.26. The van der Waals surface area contributed by atoms with Crippen molar-refractivity contribution in [2.45, 2.75) is 38.6 Å². The number of ether oxygens (including phenoxy) is 2. The van der Waals surface area contributed by atoms with Gasteiger partial charge in [0, 0.05) is 18.2 Å². The van der Waals surface area contributed by atoms with E-state index in [1.807, 2.05) is 0 Å². The Balaban J connectivity index is 1.79. The zero-order valence-electron chi connectivity index (χ0n) is 13.0. The molecule has 0 aliphatic carbocycles. The summed E-state index contributed by atoms with van der Waals surface area (Å²) in [5, 5.41) is 0. The second-order valence-electron chi connectivity index (χ2n) is 5.61. The lowest BCUT2D eigenvalue weighted by atomic mass is 10.0. The van der Waals surface area contributed by atoms with Crippen LogP contribution in [0.2, 0.25) is 0 Å². The van der Waals surface area contributed by atoms with Crippen LogP contribution in [0.25, 0.3) is 0 Å². The van der Waals surface area contributed by atoms with E-state index >= 15 is 0 Å². The number of carbonyl (C=O) groups excluding carboxylic acids is 1. The molecule has 0 aromatic heterocycles. The SMILES string of the molecule is COc1cc(C=O)ccc1OCCCN1CCCCC1C. The van der Waals surface area contributed by atoms with Gasteiger partial charge in [0.15, 0.2) is 11.5 Å². The van der Waals surface area contributed by atoms with E-state index in [0.29, 0.717) is 29.7 Å². The van der Waals surface area contributed by atoms with Gasteiger partial charge in [-0.3, -0.25) is 4.79 Å². The zero-order valence-corrected chi connectivity index (χ0v) is 13.0. The molecule has 1 atom stereocenters. The second-order valence-corrected chi connectivity index (χ2v) is 5.61. The average Bonchev–Trinajstić information content (AvgIpc) is 2.53. The van der Waals surface area contributed by atoms with Gasteiger partial charge in [0.25, 0.3) is 0 Å².